The average Bonchev–Trinajstić information content (AvgIpc) is 3.22. The first-order valence-electron chi connectivity index (χ1n) is 9.29. The highest BCUT2D eigenvalue weighted by molar-refractivity contribution is 6.14. The number of benzene rings is 1. The summed E-state index contributed by atoms with van der Waals surface area (Å²) in [6.45, 7) is 5.59. The van der Waals surface area contributed by atoms with Crippen molar-refractivity contribution in [2.45, 2.75) is 26.8 Å². The number of nitrogens with zero attached hydrogens (tertiary/aromatic N) is 1. The molecule has 0 radical (unpaired) electrons. The number of hydrogen-bond donors (Lipinski definition) is 3. The van der Waals surface area contributed by atoms with E-state index in [-0.39, 0.29) is 22.6 Å². The largest absolute Gasteiger partial charge is 0.453 e. The lowest BCUT2D eigenvalue weighted by molar-refractivity contribution is 0.542. The standard InChI is InChI=1S/C21H18N4O4/c1-9(2)25-19-15(21(28)24-25)14(11-5-4-8-22-20(11)27)18-16(23-19)12-6-7-13(26)10(3)17(12)29-18/h4-9,23H,1-3H3,(H,22,27)(H,24,28). The van der Waals surface area contributed by atoms with Gasteiger partial charge in [0.2, 0.25) is 0 Å². The molecule has 0 unspecified atom stereocenters. The molecule has 8 nitrogen and oxygen atoms in total. The van der Waals surface area contributed by atoms with Crippen molar-refractivity contribution in [2.75, 3.05) is 0 Å². The smallest absolute Gasteiger partial charge is 0.274 e. The highest BCUT2D eigenvalue weighted by Gasteiger charge is 2.24. The van der Waals surface area contributed by atoms with Crippen LogP contribution in [-0.4, -0.2) is 19.7 Å². The van der Waals surface area contributed by atoms with Crippen molar-refractivity contribution in [2.24, 2.45) is 0 Å². The molecule has 29 heavy (non-hydrogen) atoms. The van der Waals surface area contributed by atoms with Crippen LogP contribution >= 0.6 is 0 Å². The second-order valence-electron chi connectivity index (χ2n) is 7.41. The number of aryl methyl sites for hydroxylation is 1. The molecule has 0 atom stereocenters. The van der Waals surface area contributed by atoms with E-state index in [0.717, 1.165) is 5.39 Å². The Bertz CT molecular complexity index is 1610. The fourth-order valence-electron chi connectivity index (χ4n) is 3.88. The number of nitrogens with one attached hydrogen (secondary N) is 3. The summed E-state index contributed by atoms with van der Waals surface area (Å²) >= 11 is 0. The molecular weight excluding hydrogens is 372 g/mol. The molecule has 8 heteroatoms. The highest BCUT2D eigenvalue weighted by atomic mass is 16.3. The second-order valence-corrected chi connectivity index (χ2v) is 7.41. The molecule has 0 saturated carbocycles. The quantitative estimate of drug-likeness (QED) is 0.429. The first-order chi connectivity index (χ1) is 13.9. The van der Waals surface area contributed by atoms with Crippen LogP contribution in [-0.2, 0) is 0 Å². The summed E-state index contributed by atoms with van der Waals surface area (Å²) in [5.74, 6) is 0. The van der Waals surface area contributed by atoms with Crippen LogP contribution in [0.15, 0.2) is 49.3 Å². The van der Waals surface area contributed by atoms with Gasteiger partial charge in [0.15, 0.2) is 11.0 Å². The van der Waals surface area contributed by atoms with Crippen LogP contribution in [0.3, 0.4) is 0 Å². The fourth-order valence-corrected chi connectivity index (χ4v) is 3.88. The number of hydrogen-bond acceptors (Lipinski definition) is 4. The average molecular weight is 390 g/mol. The number of pyridine rings is 2. The summed E-state index contributed by atoms with van der Waals surface area (Å²) in [6.07, 6.45) is 1.53. The zero-order valence-electron chi connectivity index (χ0n) is 16.0. The molecule has 0 amide bonds. The SMILES string of the molecule is Cc1c(=O)ccc2c1oc1c(-c3ccc[nH]c3=O)c3c(=O)[nH]n(C(C)C)c3[nH]c12. The summed E-state index contributed by atoms with van der Waals surface area (Å²) in [6, 6.07) is 6.51. The Morgan fingerprint density at radius 2 is 1.83 bits per heavy atom. The number of furan rings is 1. The Balaban J connectivity index is 2.13. The maximum Gasteiger partial charge on any atom is 0.274 e. The van der Waals surface area contributed by atoms with E-state index in [1.807, 2.05) is 13.8 Å². The Hall–Kier alpha value is -3.81. The third-order valence-electron chi connectivity index (χ3n) is 5.31. The fraction of sp³-hybridized carbons (Fsp3) is 0.190. The van der Waals surface area contributed by atoms with E-state index in [2.05, 4.69) is 15.1 Å². The maximum absolute atomic E-state index is 12.9. The second kappa shape index (κ2) is 5.84. The van der Waals surface area contributed by atoms with Crippen LogP contribution in [0.25, 0.3) is 44.2 Å². The van der Waals surface area contributed by atoms with Crippen molar-refractivity contribution in [3.05, 3.63) is 67.0 Å². The summed E-state index contributed by atoms with van der Waals surface area (Å²) < 4.78 is 7.82. The molecule has 0 aliphatic carbocycles. The van der Waals surface area contributed by atoms with Gasteiger partial charge in [-0.05, 0) is 45.0 Å². The molecule has 1 aromatic carbocycles. The predicted molar refractivity (Wildman–Crippen MR) is 112 cm³/mol. The molecule has 0 aliphatic heterocycles. The zero-order chi connectivity index (χ0) is 20.4. The van der Waals surface area contributed by atoms with Gasteiger partial charge in [-0.2, -0.15) is 0 Å². The van der Waals surface area contributed by atoms with E-state index in [4.69, 9.17) is 4.42 Å². The van der Waals surface area contributed by atoms with Crippen LogP contribution in [0.5, 0.6) is 0 Å². The topological polar surface area (TPSA) is 117 Å². The number of aromatic nitrogens is 4. The van der Waals surface area contributed by atoms with Crippen molar-refractivity contribution in [1.29, 1.82) is 0 Å². The van der Waals surface area contributed by atoms with Gasteiger partial charge in [-0.1, -0.05) is 0 Å². The minimum Gasteiger partial charge on any atom is -0.453 e. The van der Waals surface area contributed by atoms with Crippen LogP contribution in [0.1, 0.15) is 25.5 Å². The molecule has 0 bridgehead atoms. The van der Waals surface area contributed by atoms with E-state index in [1.54, 1.807) is 29.8 Å². The van der Waals surface area contributed by atoms with Crippen molar-refractivity contribution >= 4 is 33.1 Å². The Labute approximate surface area is 162 Å². The van der Waals surface area contributed by atoms with Gasteiger partial charge in [-0.3, -0.25) is 24.2 Å². The molecule has 0 aliphatic rings. The maximum atomic E-state index is 12.9. The zero-order valence-corrected chi connectivity index (χ0v) is 16.0. The first-order valence-corrected chi connectivity index (χ1v) is 9.29. The molecule has 0 spiro atoms. The molecule has 5 rings (SSSR count). The van der Waals surface area contributed by atoms with Crippen molar-refractivity contribution in [3.8, 4) is 11.1 Å². The Kier molecular flexibility index (Phi) is 3.48. The first kappa shape index (κ1) is 17.3. The summed E-state index contributed by atoms with van der Waals surface area (Å²) in [5, 5.41) is 3.90. The van der Waals surface area contributed by atoms with E-state index < -0.39 is 0 Å². The lowest BCUT2D eigenvalue weighted by Crippen LogP contribution is -2.09. The summed E-state index contributed by atoms with van der Waals surface area (Å²) in [7, 11) is 0. The molecular formula is C21H18N4O4. The third kappa shape index (κ3) is 2.29. The molecule has 4 aromatic heterocycles. The van der Waals surface area contributed by atoms with Crippen LogP contribution in [0, 0.1) is 6.92 Å². The predicted octanol–water partition coefficient (Wildman–Crippen LogP) is 3.16. The van der Waals surface area contributed by atoms with Gasteiger partial charge in [0.05, 0.1) is 16.5 Å². The van der Waals surface area contributed by atoms with Gasteiger partial charge < -0.3 is 14.4 Å². The number of aromatic amines is 3. The lowest BCUT2D eigenvalue weighted by atomic mass is 10.0. The van der Waals surface area contributed by atoms with Gasteiger partial charge in [0.25, 0.3) is 11.1 Å². The minimum atomic E-state index is -0.334. The molecule has 0 fully saturated rings. The van der Waals surface area contributed by atoms with Gasteiger partial charge >= 0.3 is 0 Å². The minimum absolute atomic E-state index is 0.0241. The van der Waals surface area contributed by atoms with Crippen molar-refractivity contribution in [3.63, 3.8) is 0 Å². The van der Waals surface area contributed by atoms with Gasteiger partial charge in [-0.25, -0.2) is 0 Å². The molecule has 5 aromatic rings. The van der Waals surface area contributed by atoms with E-state index in [9.17, 15) is 14.4 Å². The molecule has 0 saturated heterocycles. The van der Waals surface area contributed by atoms with Crippen LogP contribution in [0.2, 0.25) is 0 Å². The summed E-state index contributed by atoms with van der Waals surface area (Å²) in [5.41, 5.74) is 2.40. The summed E-state index contributed by atoms with van der Waals surface area (Å²) in [4.78, 5) is 43.6. The van der Waals surface area contributed by atoms with E-state index in [1.165, 1.54) is 12.3 Å². The highest BCUT2D eigenvalue weighted by Crippen LogP contribution is 2.37. The Morgan fingerprint density at radius 3 is 2.55 bits per heavy atom. The normalized spacial score (nSPS) is 12.0. The molecule has 3 N–H and O–H groups in total. The molecule has 146 valence electrons. The van der Waals surface area contributed by atoms with Gasteiger partial charge in [0.1, 0.15) is 11.2 Å². The van der Waals surface area contributed by atoms with Crippen LogP contribution < -0.4 is 16.5 Å². The van der Waals surface area contributed by atoms with E-state index in [0.29, 0.717) is 44.4 Å². The van der Waals surface area contributed by atoms with Crippen molar-refractivity contribution < 1.29 is 4.42 Å². The number of rotatable bonds is 2. The Morgan fingerprint density at radius 1 is 1.03 bits per heavy atom. The number of H-pyrrole nitrogens is 3. The van der Waals surface area contributed by atoms with Crippen molar-refractivity contribution in [1.82, 2.24) is 19.7 Å². The van der Waals surface area contributed by atoms with Gasteiger partial charge in [-0.15, -0.1) is 0 Å². The lowest BCUT2D eigenvalue weighted by Gasteiger charge is -2.09. The number of fused-ring (bicyclic) bond motifs is 4. The van der Waals surface area contributed by atoms with Crippen LogP contribution in [0.4, 0.5) is 0 Å². The molecule has 4 heterocycles. The van der Waals surface area contributed by atoms with E-state index >= 15 is 0 Å². The monoisotopic (exact) mass is 390 g/mol. The third-order valence-corrected chi connectivity index (χ3v) is 5.31. The van der Waals surface area contributed by atoms with Gasteiger partial charge in [0, 0.05) is 28.8 Å².